The number of carbonyl (C=O) groups excluding carboxylic acids is 2. The van der Waals surface area contributed by atoms with Gasteiger partial charge >= 0.3 is 0 Å². The van der Waals surface area contributed by atoms with Crippen LogP contribution in [0.3, 0.4) is 0 Å². The van der Waals surface area contributed by atoms with Crippen molar-refractivity contribution in [2.75, 3.05) is 0 Å². The lowest BCUT2D eigenvalue weighted by atomic mass is 9.95. The first-order valence-corrected chi connectivity index (χ1v) is 12.5. The van der Waals surface area contributed by atoms with Gasteiger partial charge in [0.15, 0.2) is 23.7 Å². The number of nitro benzene ring substituents is 2. The van der Waals surface area contributed by atoms with Crippen LogP contribution in [0.4, 0.5) is 11.4 Å². The van der Waals surface area contributed by atoms with Gasteiger partial charge in [-0.15, -0.1) is 0 Å². The molecule has 4 heterocycles. The van der Waals surface area contributed by atoms with Crippen molar-refractivity contribution in [3.8, 4) is 0 Å². The molecule has 2 bridgehead atoms. The molecule has 13 heteroatoms. The number of piperazine rings is 1. The number of nitrogens with zero attached hydrogens (tertiary/aromatic N) is 4. The summed E-state index contributed by atoms with van der Waals surface area (Å²) in [4.78, 5) is 51.5. The molecule has 4 fully saturated rings. The van der Waals surface area contributed by atoms with Crippen LogP contribution in [-0.2, 0) is 23.8 Å². The van der Waals surface area contributed by atoms with Gasteiger partial charge in [0.25, 0.3) is 23.2 Å². The summed E-state index contributed by atoms with van der Waals surface area (Å²) in [5.41, 5.74) is -1.08. The molecule has 0 aliphatic carbocycles. The van der Waals surface area contributed by atoms with Crippen LogP contribution in [0.15, 0.2) is 48.5 Å². The number of benzene rings is 2. The molecule has 6 rings (SSSR count). The highest BCUT2D eigenvalue weighted by Gasteiger charge is 2.69. The first-order valence-electron chi connectivity index (χ1n) is 12.5. The molecule has 0 N–H and O–H groups in total. The van der Waals surface area contributed by atoms with E-state index in [0.717, 1.165) is 0 Å². The second kappa shape index (κ2) is 8.28. The van der Waals surface area contributed by atoms with E-state index in [1.165, 1.54) is 24.3 Å². The van der Waals surface area contributed by atoms with Gasteiger partial charge in [0.1, 0.15) is 12.2 Å². The molecule has 13 nitrogen and oxygen atoms in total. The van der Waals surface area contributed by atoms with Gasteiger partial charge in [0.2, 0.25) is 0 Å². The summed E-state index contributed by atoms with van der Waals surface area (Å²) in [6.45, 7) is 6.99. The van der Waals surface area contributed by atoms with E-state index in [1.807, 2.05) is 13.8 Å². The van der Waals surface area contributed by atoms with Crippen LogP contribution >= 0.6 is 0 Å². The average Bonchev–Trinajstić information content (AvgIpc) is 3.73. The lowest BCUT2D eigenvalue weighted by Gasteiger charge is -2.41. The molecule has 0 aromatic heterocycles. The Labute approximate surface area is 222 Å². The Morgan fingerprint density at radius 2 is 1.05 bits per heavy atom. The fourth-order valence-corrected chi connectivity index (χ4v) is 5.88. The van der Waals surface area contributed by atoms with Crippen LogP contribution in [0, 0.1) is 20.2 Å². The van der Waals surface area contributed by atoms with E-state index < -0.39 is 57.8 Å². The van der Waals surface area contributed by atoms with Crippen molar-refractivity contribution >= 4 is 23.2 Å². The number of rotatable bonds is 6. The van der Waals surface area contributed by atoms with Crippen LogP contribution in [0.1, 0.15) is 51.0 Å². The summed E-state index contributed by atoms with van der Waals surface area (Å²) in [5, 5.41) is 21.9. The third kappa shape index (κ3) is 3.64. The molecule has 2 amide bonds. The van der Waals surface area contributed by atoms with E-state index >= 15 is 0 Å². The average molecular weight is 539 g/mol. The Bertz CT molecular complexity index is 1290. The van der Waals surface area contributed by atoms with Crippen molar-refractivity contribution in [3.05, 3.63) is 79.9 Å². The van der Waals surface area contributed by atoms with Gasteiger partial charge in [-0.25, -0.2) is 0 Å². The minimum absolute atomic E-state index is 0.0472. The fraction of sp³-hybridized carbons (Fsp3) is 0.462. The summed E-state index contributed by atoms with van der Waals surface area (Å²) in [6.07, 6.45) is -2.46. The monoisotopic (exact) mass is 538 g/mol. The topological polar surface area (TPSA) is 161 Å². The molecule has 0 saturated carbocycles. The van der Waals surface area contributed by atoms with Crippen molar-refractivity contribution in [1.82, 2.24) is 9.80 Å². The number of non-ortho nitro benzene ring substituents is 2. The molecular formula is C26H26N4O9. The van der Waals surface area contributed by atoms with Gasteiger partial charge in [-0.1, -0.05) is 0 Å². The molecule has 204 valence electrons. The number of hydrogen-bond donors (Lipinski definition) is 0. The van der Waals surface area contributed by atoms with E-state index in [-0.39, 0.29) is 23.2 Å². The highest BCUT2D eigenvalue weighted by Crippen LogP contribution is 2.55. The minimum atomic E-state index is -1.15. The van der Waals surface area contributed by atoms with Crippen LogP contribution < -0.4 is 0 Å². The number of nitro groups is 2. The van der Waals surface area contributed by atoms with Gasteiger partial charge in [-0.3, -0.25) is 29.8 Å². The predicted octanol–water partition coefficient (Wildman–Crippen LogP) is 2.99. The normalized spacial score (nSPS) is 36.1. The van der Waals surface area contributed by atoms with Crippen molar-refractivity contribution in [2.24, 2.45) is 0 Å². The zero-order valence-corrected chi connectivity index (χ0v) is 21.5. The van der Waals surface area contributed by atoms with Crippen LogP contribution in [-0.4, -0.2) is 67.2 Å². The second-order valence-corrected chi connectivity index (χ2v) is 10.7. The summed E-state index contributed by atoms with van der Waals surface area (Å²) in [5.74, 6) is -0.551. The number of fused-ring (bicyclic) bond motifs is 2. The van der Waals surface area contributed by atoms with E-state index in [0.29, 0.717) is 11.1 Å². The minimum Gasteiger partial charge on any atom is -0.351 e. The van der Waals surface area contributed by atoms with Gasteiger partial charge in [-0.05, 0) is 63.1 Å². The fourth-order valence-electron chi connectivity index (χ4n) is 5.88. The standard InChI is InChI=1S/C26H26N4O9/c1-13-21-28(24(32)26(4)20(39-26)16-7-11-18(12-8-16)30(35)36)14(2)22(37-21)27(13)23(31)25(3)19(38-25)15-5-9-17(10-6-15)29(33)34/h5-14,19-22H,1-4H3/t13-,14-,19-,20-,21-,22-,25+,26+/m1/s1. The van der Waals surface area contributed by atoms with Crippen LogP contribution in [0.25, 0.3) is 0 Å². The summed E-state index contributed by atoms with van der Waals surface area (Å²) in [7, 11) is 0. The summed E-state index contributed by atoms with van der Waals surface area (Å²) < 4.78 is 17.8. The zero-order chi connectivity index (χ0) is 28.0. The molecule has 0 unspecified atom stereocenters. The van der Waals surface area contributed by atoms with Gasteiger partial charge < -0.3 is 24.0 Å². The second-order valence-electron chi connectivity index (χ2n) is 10.7. The quantitative estimate of drug-likeness (QED) is 0.306. The van der Waals surface area contributed by atoms with Gasteiger partial charge in [0.05, 0.1) is 21.9 Å². The number of amides is 2. The number of epoxide rings is 2. The van der Waals surface area contributed by atoms with Crippen molar-refractivity contribution in [1.29, 1.82) is 0 Å². The number of ether oxygens (including phenoxy) is 3. The number of hydrogen-bond acceptors (Lipinski definition) is 9. The van der Waals surface area contributed by atoms with Crippen molar-refractivity contribution in [2.45, 2.75) is 75.6 Å². The van der Waals surface area contributed by atoms with E-state index in [9.17, 15) is 29.8 Å². The largest absolute Gasteiger partial charge is 0.351 e. The maximum absolute atomic E-state index is 13.7. The van der Waals surface area contributed by atoms with E-state index in [2.05, 4.69) is 0 Å². The smallest absolute Gasteiger partial charge is 0.269 e. The Kier molecular flexibility index (Phi) is 5.38. The summed E-state index contributed by atoms with van der Waals surface area (Å²) in [6, 6.07) is 10.9. The molecule has 4 aliphatic rings. The Morgan fingerprint density at radius 3 is 1.36 bits per heavy atom. The maximum atomic E-state index is 13.7. The first-order chi connectivity index (χ1) is 18.4. The van der Waals surface area contributed by atoms with Crippen molar-refractivity contribution in [3.63, 3.8) is 0 Å². The molecular weight excluding hydrogens is 512 g/mol. The first kappa shape index (κ1) is 25.3. The maximum Gasteiger partial charge on any atom is 0.269 e. The zero-order valence-electron chi connectivity index (χ0n) is 21.5. The molecule has 4 aliphatic heterocycles. The third-order valence-electron chi connectivity index (χ3n) is 8.27. The van der Waals surface area contributed by atoms with Crippen LogP contribution in [0.5, 0.6) is 0 Å². The molecule has 8 atom stereocenters. The van der Waals surface area contributed by atoms with Gasteiger partial charge in [0, 0.05) is 24.3 Å². The molecule has 39 heavy (non-hydrogen) atoms. The summed E-state index contributed by atoms with van der Waals surface area (Å²) >= 11 is 0. The predicted molar refractivity (Wildman–Crippen MR) is 132 cm³/mol. The Morgan fingerprint density at radius 1 is 0.718 bits per heavy atom. The third-order valence-corrected chi connectivity index (χ3v) is 8.27. The van der Waals surface area contributed by atoms with E-state index in [1.54, 1.807) is 47.9 Å². The van der Waals surface area contributed by atoms with Gasteiger partial charge in [-0.2, -0.15) is 0 Å². The molecule has 4 saturated heterocycles. The highest BCUT2D eigenvalue weighted by molar-refractivity contribution is 5.92. The molecule has 2 aromatic carbocycles. The molecule has 2 aromatic rings. The Hall–Kier alpha value is -3.94. The lowest BCUT2D eigenvalue weighted by molar-refractivity contribution is -0.385. The highest BCUT2D eigenvalue weighted by atomic mass is 16.6. The van der Waals surface area contributed by atoms with Crippen molar-refractivity contribution < 1.29 is 33.6 Å². The van der Waals surface area contributed by atoms with E-state index in [4.69, 9.17) is 14.2 Å². The molecule has 0 radical (unpaired) electrons. The Balaban J connectivity index is 1.15. The molecule has 0 spiro atoms. The lowest BCUT2D eigenvalue weighted by Crippen LogP contribution is -2.62. The van der Waals surface area contributed by atoms with Crippen LogP contribution in [0.2, 0.25) is 0 Å². The SMILES string of the molecule is C[C@@H]1[C@H]2O[C@H]([C@@H](C)N2C(=O)[C@@]2(C)O[C@@H]2c2ccc([N+](=O)[O-])cc2)N1C(=O)[C@@]1(C)O[C@@H]1c1ccc([N+](=O)[O-])cc1. The number of carbonyl (C=O) groups is 2.